The fourth-order valence-electron chi connectivity index (χ4n) is 1.88. The van der Waals surface area contributed by atoms with Crippen LogP contribution in [0.4, 0.5) is 0 Å². The van der Waals surface area contributed by atoms with Gasteiger partial charge in [0.1, 0.15) is 5.41 Å². The molecule has 1 N–H and O–H groups in total. The Morgan fingerprint density at radius 3 is 2.59 bits per heavy atom. The van der Waals surface area contributed by atoms with Crippen molar-refractivity contribution in [3.63, 3.8) is 0 Å². The van der Waals surface area contributed by atoms with E-state index in [0.717, 1.165) is 4.88 Å². The first kappa shape index (κ1) is 12.1. The minimum absolute atomic E-state index is 0.0701. The van der Waals surface area contributed by atoms with Crippen LogP contribution in [0.3, 0.4) is 0 Å². The molecule has 1 aromatic heterocycles. The molecule has 92 valence electrons. The molecule has 1 fully saturated rings. The Balaban J connectivity index is 2.13. The molecular weight excluding hydrogens is 238 g/mol. The summed E-state index contributed by atoms with van der Waals surface area (Å²) in [5, 5.41) is 11.0. The van der Waals surface area contributed by atoms with Crippen molar-refractivity contribution >= 4 is 23.2 Å². The van der Waals surface area contributed by atoms with E-state index < -0.39 is 11.4 Å². The predicted molar refractivity (Wildman–Crippen MR) is 64.8 cm³/mol. The van der Waals surface area contributed by atoms with E-state index in [1.165, 1.54) is 0 Å². The van der Waals surface area contributed by atoms with Gasteiger partial charge in [0.15, 0.2) is 0 Å². The number of carbonyl (C=O) groups excluding carboxylic acids is 1. The molecule has 4 nitrogen and oxygen atoms in total. The maximum absolute atomic E-state index is 12.2. The largest absolute Gasteiger partial charge is 0.480 e. The van der Waals surface area contributed by atoms with Crippen LogP contribution in [0.15, 0.2) is 17.5 Å². The summed E-state index contributed by atoms with van der Waals surface area (Å²) in [6, 6.07) is 3.82. The SMILES string of the molecule is CC(c1cccs1)N(C)C(=O)C1(C(=O)O)CC1. The lowest BCUT2D eigenvalue weighted by molar-refractivity contribution is -0.153. The van der Waals surface area contributed by atoms with E-state index in [0.29, 0.717) is 12.8 Å². The number of thiophene rings is 1. The maximum Gasteiger partial charge on any atom is 0.319 e. The molecule has 1 amide bonds. The van der Waals surface area contributed by atoms with Gasteiger partial charge in [-0.05, 0) is 31.2 Å². The molecule has 0 radical (unpaired) electrons. The molecular formula is C12H15NO3S. The number of carboxylic acids is 1. The highest BCUT2D eigenvalue weighted by molar-refractivity contribution is 7.10. The van der Waals surface area contributed by atoms with E-state index in [-0.39, 0.29) is 11.9 Å². The second-order valence-corrected chi connectivity index (χ2v) is 5.47. The number of hydrogen-bond donors (Lipinski definition) is 1. The minimum Gasteiger partial charge on any atom is -0.480 e. The van der Waals surface area contributed by atoms with Crippen molar-refractivity contribution in [2.24, 2.45) is 5.41 Å². The van der Waals surface area contributed by atoms with Gasteiger partial charge in [-0.25, -0.2) is 0 Å². The molecule has 1 unspecified atom stereocenters. The van der Waals surface area contributed by atoms with Crippen LogP contribution in [-0.2, 0) is 9.59 Å². The molecule has 1 saturated carbocycles. The number of hydrogen-bond acceptors (Lipinski definition) is 3. The summed E-state index contributed by atoms with van der Waals surface area (Å²) in [6.07, 6.45) is 0.922. The van der Waals surface area contributed by atoms with Crippen molar-refractivity contribution in [1.82, 2.24) is 4.90 Å². The van der Waals surface area contributed by atoms with Crippen molar-refractivity contribution in [3.8, 4) is 0 Å². The fraction of sp³-hybridized carbons (Fsp3) is 0.500. The molecule has 2 rings (SSSR count). The highest BCUT2D eigenvalue weighted by Gasteiger charge is 2.58. The minimum atomic E-state index is -1.14. The second-order valence-electron chi connectivity index (χ2n) is 4.49. The number of carboxylic acid groups (broad SMARTS) is 1. The molecule has 1 aliphatic rings. The lowest BCUT2D eigenvalue weighted by Gasteiger charge is -2.26. The Morgan fingerprint density at radius 1 is 1.53 bits per heavy atom. The van der Waals surface area contributed by atoms with Crippen LogP contribution in [0.5, 0.6) is 0 Å². The highest BCUT2D eigenvalue weighted by Crippen LogP contribution is 2.48. The Hall–Kier alpha value is -1.36. The van der Waals surface area contributed by atoms with Gasteiger partial charge < -0.3 is 10.0 Å². The first-order valence-electron chi connectivity index (χ1n) is 5.53. The average Bonchev–Trinajstić information content (AvgIpc) is 2.95. The third-order valence-electron chi connectivity index (χ3n) is 3.43. The number of amides is 1. The smallest absolute Gasteiger partial charge is 0.319 e. The Morgan fingerprint density at radius 2 is 2.18 bits per heavy atom. The van der Waals surface area contributed by atoms with Crippen molar-refractivity contribution in [2.45, 2.75) is 25.8 Å². The zero-order valence-corrected chi connectivity index (χ0v) is 10.7. The topological polar surface area (TPSA) is 57.6 Å². The summed E-state index contributed by atoms with van der Waals surface area (Å²) < 4.78 is 0. The second kappa shape index (κ2) is 4.14. The van der Waals surface area contributed by atoms with Gasteiger partial charge in [0, 0.05) is 11.9 Å². The van der Waals surface area contributed by atoms with Crippen LogP contribution < -0.4 is 0 Å². The molecule has 0 bridgehead atoms. The zero-order valence-electron chi connectivity index (χ0n) is 9.84. The van der Waals surface area contributed by atoms with Gasteiger partial charge in [-0.2, -0.15) is 0 Å². The van der Waals surface area contributed by atoms with E-state index >= 15 is 0 Å². The standard InChI is InChI=1S/C12H15NO3S/c1-8(9-4-3-7-17-9)13(2)10(14)12(5-6-12)11(15)16/h3-4,7-8H,5-6H2,1-2H3,(H,15,16). The lowest BCUT2D eigenvalue weighted by Crippen LogP contribution is -2.39. The quantitative estimate of drug-likeness (QED) is 0.836. The monoisotopic (exact) mass is 253 g/mol. The summed E-state index contributed by atoms with van der Waals surface area (Å²) in [6.45, 7) is 1.92. The Bertz CT molecular complexity index is 437. The van der Waals surface area contributed by atoms with E-state index in [1.807, 2.05) is 24.4 Å². The Kier molecular flexibility index (Phi) is 2.95. The van der Waals surface area contributed by atoms with Crippen LogP contribution >= 0.6 is 11.3 Å². The van der Waals surface area contributed by atoms with Crippen LogP contribution in [0.2, 0.25) is 0 Å². The Labute approximate surface area is 104 Å². The van der Waals surface area contributed by atoms with Gasteiger partial charge in [0.05, 0.1) is 6.04 Å². The summed E-state index contributed by atoms with van der Waals surface area (Å²) >= 11 is 1.57. The normalized spacial score (nSPS) is 18.5. The molecule has 1 aromatic rings. The number of nitrogens with zero attached hydrogens (tertiary/aromatic N) is 1. The van der Waals surface area contributed by atoms with Crippen molar-refractivity contribution < 1.29 is 14.7 Å². The van der Waals surface area contributed by atoms with Gasteiger partial charge in [-0.1, -0.05) is 6.07 Å². The predicted octanol–water partition coefficient (Wildman–Crippen LogP) is 2.13. The van der Waals surface area contributed by atoms with Crippen LogP contribution in [-0.4, -0.2) is 28.9 Å². The molecule has 5 heteroatoms. The average molecular weight is 253 g/mol. The van der Waals surface area contributed by atoms with Crippen molar-refractivity contribution in [3.05, 3.63) is 22.4 Å². The first-order chi connectivity index (χ1) is 7.99. The van der Waals surface area contributed by atoms with Gasteiger partial charge in [-0.3, -0.25) is 9.59 Å². The number of rotatable bonds is 4. The molecule has 0 aliphatic heterocycles. The van der Waals surface area contributed by atoms with Crippen LogP contribution in [0, 0.1) is 5.41 Å². The molecule has 1 heterocycles. The number of aliphatic carboxylic acids is 1. The van der Waals surface area contributed by atoms with Gasteiger partial charge in [-0.15, -0.1) is 11.3 Å². The fourth-order valence-corrected chi connectivity index (χ4v) is 2.70. The molecule has 0 spiro atoms. The first-order valence-corrected chi connectivity index (χ1v) is 6.41. The van der Waals surface area contributed by atoms with Gasteiger partial charge in [0.2, 0.25) is 5.91 Å². The van der Waals surface area contributed by atoms with Crippen molar-refractivity contribution in [1.29, 1.82) is 0 Å². The third kappa shape index (κ3) is 1.95. The van der Waals surface area contributed by atoms with Gasteiger partial charge in [0.25, 0.3) is 0 Å². The van der Waals surface area contributed by atoms with E-state index in [1.54, 1.807) is 23.3 Å². The molecule has 0 saturated heterocycles. The van der Waals surface area contributed by atoms with Crippen LogP contribution in [0.1, 0.15) is 30.7 Å². The number of carbonyl (C=O) groups is 2. The van der Waals surface area contributed by atoms with E-state index in [4.69, 9.17) is 5.11 Å². The molecule has 1 aliphatic carbocycles. The van der Waals surface area contributed by atoms with Crippen molar-refractivity contribution in [2.75, 3.05) is 7.05 Å². The van der Waals surface area contributed by atoms with E-state index in [9.17, 15) is 9.59 Å². The third-order valence-corrected chi connectivity index (χ3v) is 4.47. The van der Waals surface area contributed by atoms with E-state index in [2.05, 4.69) is 0 Å². The molecule has 0 aromatic carbocycles. The maximum atomic E-state index is 12.2. The summed E-state index contributed by atoms with van der Waals surface area (Å²) in [5.74, 6) is -1.27. The summed E-state index contributed by atoms with van der Waals surface area (Å²) in [4.78, 5) is 25.9. The zero-order chi connectivity index (χ0) is 12.6. The molecule has 17 heavy (non-hydrogen) atoms. The summed E-state index contributed by atoms with van der Waals surface area (Å²) in [7, 11) is 1.68. The highest BCUT2D eigenvalue weighted by atomic mass is 32.1. The molecule has 1 atom stereocenters. The van der Waals surface area contributed by atoms with Gasteiger partial charge >= 0.3 is 5.97 Å². The van der Waals surface area contributed by atoms with Crippen LogP contribution in [0.25, 0.3) is 0 Å². The summed E-state index contributed by atoms with van der Waals surface area (Å²) in [5.41, 5.74) is -1.14. The lowest BCUT2D eigenvalue weighted by atomic mass is 10.0.